The lowest BCUT2D eigenvalue weighted by atomic mass is 10.3. The highest BCUT2D eigenvalue weighted by Gasteiger charge is 2.30. The van der Waals surface area contributed by atoms with Crippen LogP contribution in [0.25, 0.3) is 0 Å². The SMILES string of the molecule is CN(C)c1nccc(N2CC(O)C(O)C2)n1. The van der Waals surface area contributed by atoms with E-state index in [-0.39, 0.29) is 0 Å². The molecule has 0 saturated carbocycles. The summed E-state index contributed by atoms with van der Waals surface area (Å²) < 4.78 is 0. The second kappa shape index (κ2) is 4.23. The van der Waals surface area contributed by atoms with E-state index in [1.165, 1.54) is 0 Å². The first-order chi connectivity index (χ1) is 7.58. The van der Waals surface area contributed by atoms with E-state index in [4.69, 9.17) is 0 Å². The van der Waals surface area contributed by atoms with Crippen LogP contribution >= 0.6 is 0 Å². The predicted molar refractivity (Wildman–Crippen MR) is 60.6 cm³/mol. The number of β-amino-alcohol motifs (C(OH)–C–C–N with tert-alkyl or cyclic N) is 2. The van der Waals surface area contributed by atoms with E-state index in [2.05, 4.69) is 9.97 Å². The summed E-state index contributed by atoms with van der Waals surface area (Å²) in [5, 5.41) is 18.9. The first-order valence-corrected chi connectivity index (χ1v) is 5.19. The zero-order valence-electron chi connectivity index (χ0n) is 9.41. The maximum absolute atomic E-state index is 9.46. The van der Waals surface area contributed by atoms with Gasteiger partial charge in [0.05, 0.1) is 12.2 Å². The molecule has 6 heteroatoms. The Morgan fingerprint density at radius 3 is 2.50 bits per heavy atom. The molecule has 1 fully saturated rings. The Hall–Kier alpha value is -1.40. The molecule has 2 atom stereocenters. The Morgan fingerprint density at radius 1 is 1.31 bits per heavy atom. The van der Waals surface area contributed by atoms with Crippen molar-refractivity contribution in [3.63, 3.8) is 0 Å². The molecule has 1 aromatic heterocycles. The smallest absolute Gasteiger partial charge is 0.226 e. The number of aliphatic hydroxyl groups is 2. The number of rotatable bonds is 2. The van der Waals surface area contributed by atoms with Crippen molar-refractivity contribution in [2.24, 2.45) is 0 Å². The standard InChI is InChI=1S/C10H16N4O2/c1-13(2)10-11-4-3-9(12-10)14-5-7(15)8(16)6-14/h3-4,7-8,15-16H,5-6H2,1-2H3. The molecule has 0 bridgehead atoms. The molecule has 1 aliphatic rings. The summed E-state index contributed by atoms with van der Waals surface area (Å²) in [7, 11) is 3.74. The summed E-state index contributed by atoms with van der Waals surface area (Å²) in [5.41, 5.74) is 0. The summed E-state index contributed by atoms with van der Waals surface area (Å²) in [5.74, 6) is 1.35. The van der Waals surface area contributed by atoms with Gasteiger partial charge in [-0.2, -0.15) is 4.98 Å². The van der Waals surface area contributed by atoms with Gasteiger partial charge in [-0.1, -0.05) is 0 Å². The van der Waals surface area contributed by atoms with Crippen molar-refractivity contribution < 1.29 is 10.2 Å². The third-order valence-electron chi connectivity index (χ3n) is 2.61. The van der Waals surface area contributed by atoms with Crippen molar-refractivity contribution in [2.75, 3.05) is 37.0 Å². The summed E-state index contributed by atoms with van der Waals surface area (Å²) in [6.45, 7) is 0.816. The third kappa shape index (κ3) is 2.07. The van der Waals surface area contributed by atoms with E-state index < -0.39 is 12.2 Å². The van der Waals surface area contributed by atoms with Gasteiger partial charge in [0.1, 0.15) is 5.82 Å². The molecule has 16 heavy (non-hydrogen) atoms. The van der Waals surface area contributed by atoms with Crippen LogP contribution in [-0.4, -0.2) is 59.6 Å². The van der Waals surface area contributed by atoms with Gasteiger partial charge in [-0.15, -0.1) is 0 Å². The molecule has 0 aromatic carbocycles. The Kier molecular flexibility index (Phi) is 2.93. The summed E-state index contributed by atoms with van der Waals surface area (Å²) in [6, 6.07) is 1.78. The van der Waals surface area contributed by atoms with Crippen LogP contribution in [0.15, 0.2) is 12.3 Å². The van der Waals surface area contributed by atoms with Gasteiger partial charge in [-0.25, -0.2) is 4.98 Å². The quantitative estimate of drug-likeness (QED) is 0.677. The van der Waals surface area contributed by atoms with Crippen molar-refractivity contribution in [1.29, 1.82) is 0 Å². The highest BCUT2D eigenvalue weighted by Crippen LogP contribution is 2.19. The van der Waals surface area contributed by atoms with E-state index >= 15 is 0 Å². The minimum atomic E-state index is -0.697. The zero-order chi connectivity index (χ0) is 11.7. The third-order valence-corrected chi connectivity index (χ3v) is 2.61. The first kappa shape index (κ1) is 11.1. The Labute approximate surface area is 94.2 Å². The Balaban J connectivity index is 2.18. The highest BCUT2D eigenvalue weighted by atomic mass is 16.3. The Morgan fingerprint density at radius 2 is 1.94 bits per heavy atom. The topological polar surface area (TPSA) is 72.7 Å². The van der Waals surface area contributed by atoms with Crippen molar-refractivity contribution in [2.45, 2.75) is 12.2 Å². The molecule has 0 aliphatic carbocycles. The lowest BCUT2D eigenvalue weighted by Gasteiger charge is -2.18. The van der Waals surface area contributed by atoms with Crippen LogP contribution in [0.4, 0.5) is 11.8 Å². The molecule has 0 radical (unpaired) electrons. The lowest BCUT2D eigenvalue weighted by Crippen LogP contribution is -2.23. The Bertz CT molecular complexity index is 362. The van der Waals surface area contributed by atoms with Crippen molar-refractivity contribution >= 4 is 11.8 Å². The van der Waals surface area contributed by atoms with Gasteiger partial charge < -0.3 is 20.0 Å². The monoisotopic (exact) mass is 224 g/mol. The minimum Gasteiger partial charge on any atom is -0.389 e. The van der Waals surface area contributed by atoms with E-state index in [1.54, 1.807) is 12.3 Å². The minimum absolute atomic E-state index is 0.408. The number of hydrogen-bond acceptors (Lipinski definition) is 6. The van der Waals surface area contributed by atoms with Gasteiger partial charge in [0.15, 0.2) is 0 Å². The number of aromatic nitrogens is 2. The number of anilines is 2. The highest BCUT2D eigenvalue weighted by molar-refractivity contribution is 5.44. The first-order valence-electron chi connectivity index (χ1n) is 5.19. The van der Waals surface area contributed by atoms with Crippen molar-refractivity contribution in [3.8, 4) is 0 Å². The molecular weight excluding hydrogens is 208 g/mol. The molecular formula is C10H16N4O2. The van der Waals surface area contributed by atoms with Crippen LogP contribution in [0.1, 0.15) is 0 Å². The van der Waals surface area contributed by atoms with Gasteiger partial charge in [0.25, 0.3) is 0 Å². The molecule has 88 valence electrons. The lowest BCUT2D eigenvalue weighted by molar-refractivity contribution is 0.0572. The summed E-state index contributed by atoms with van der Waals surface area (Å²) in [4.78, 5) is 12.1. The van der Waals surface area contributed by atoms with Crippen LogP contribution in [0.5, 0.6) is 0 Å². The molecule has 2 rings (SSSR count). The van der Waals surface area contributed by atoms with Crippen molar-refractivity contribution in [3.05, 3.63) is 12.3 Å². The second-order valence-electron chi connectivity index (χ2n) is 4.15. The largest absolute Gasteiger partial charge is 0.389 e. The van der Waals surface area contributed by atoms with Gasteiger partial charge in [0.2, 0.25) is 5.95 Å². The van der Waals surface area contributed by atoms with E-state index in [1.807, 2.05) is 23.9 Å². The fourth-order valence-electron chi connectivity index (χ4n) is 1.69. The maximum atomic E-state index is 9.46. The fraction of sp³-hybridized carbons (Fsp3) is 0.600. The molecule has 2 N–H and O–H groups in total. The average molecular weight is 224 g/mol. The van der Waals surface area contributed by atoms with E-state index in [0.717, 1.165) is 5.82 Å². The van der Waals surface area contributed by atoms with E-state index in [9.17, 15) is 10.2 Å². The van der Waals surface area contributed by atoms with Gasteiger partial charge in [-0.3, -0.25) is 0 Å². The fourth-order valence-corrected chi connectivity index (χ4v) is 1.69. The molecule has 0 spiro atoms. The predicted octanol–water partition coefficient (Wildman–Crippen LogP) is -0.916. The van der Waals surface area contributed by atoms with Crippen LogP contribution in [-0.2, 0) is 0 Å². The maximum Gasteiger partial charge on any atom is 0.226 e. The average Bonchev–Trinajstić information content (AvgIpc) is 2.59. The molecule has 2 heterocycles. The molecule has 2 unspecified atom stereocenters. The van der Waals surface area contributed by atoms with Crippen LogP contribution < -0.4 is 9.80 Å². The van der Waals surface area contributed by atoms with Gasteiger partial charge in [0, 0.05) is 33.4 Å². The van der Waals surface area contributed by atoms with Crippen LogP contribution in [0.3, 0.4) is 0 Å². The normalized spacial score (nSPS) is 24.9. The van der Waals surface area contributed by atoms with Crippen LogP contribution in [0.2, 0.25) is 0 Å². The van der Waals surface area contributed by atoms with Crippen molar-refractivity contribution in [1.82, 2.24) is 9.97 Å². The number of nitrogens with zero attached hydrogens (tertiary/aromatic N) is 4. The number of hydrogen-bond donors (Lipinski definition) is 2. The van der Waals surface area contributed by atoms with Gasteiger partial charge >= 0.3 is 0 Å². The molecule has 6 nitrogen and oxygen atoms in total. The molecule has 1 saturated heterocycles. The second-order valence-corrected chi connectivity index (χ2v) is 4.15. The number of aliphatic hydroxyl groups excluding tert-OH is 2. The summed E-state index contributed by atoms with van der Waals surface area (Å²) >= 11 is 0. The van der Waals surface area contributed by atoms with Gasteiger partial charge in [-0.05, 0) is 6.07 Å². The molecule has 1 aliphatic heterocycles. The van der Waals surface area contributed by atoms with E-state index in [0.29, 0.717) is 19.0 Å². The van der Waals surface area contributed by atoms with Crippen LogP contribution in [0, 0.1) is 0 Å². The zero-order valence-corrected chi connectivity index (χ0v) is 9.41. The molecule has 1 aromatic rings. The summed E-state index contributed by atoms with van der Waals surface area (Å²) in [6.07, 6.45) is 0.282. The molecule has 0 amide bonds.